The highest BCUT2D eigenvalue weighted by Crippen LogP contribution is 2.17. The Balaban J connectivity index is 1.44. The SMILES string of the molecule is c1cnc(N2CCN(c3n[nH]c(-c4cn[nH]n4)n3)CC2)nc1. The third-order valence-corrected chi connectivity index (χ3v) is 3.53. The van der Waals surface area contributed by atoms with Crippen LogP contribution in [0.25, 0.3) is 11.5 Å². The maximum atomic E-state index is 4.46. The smallest absolute Gasteiger partial charge is 0.245 e. The molecule has 4 rings (SSSR count). The first-order valence-electron chi connectivity index (χ1n) is 6.95. The zero-order valence-electron chi connectivity index (χ0n) is 11.7. The van der Waals surface area contributed by atoms with Crippen LogP contribution in [0.3, 0.4) is 0 Å². The second kappa shape index (κ2) is 5.39. The van der Waals surface area contributed by atoms with E-state index in [1.54, 1.807) is 18.6 Å². The summed E-state index contributed by atoms with van der Waals surface area (Å²) in [5.41, 5.74) is 0.648. The van der Waals surface area contributed by atoms with E-state index in [4.69, 9.17) is 0 Å². The van der Waals surface area contributed by atoms with E-state index in [1.807, 2.05) is 6.07 Å². The minimum atomic E-state index is 0.609. The third kappa shape index (κ3) is 2.34. The van der Waals surface area contributed by atoms with Crippen molar-refractivity contribution in [2.24, 2.45) is 0 Å². The van der Waals surface area contributed by atoms with Gasteiger partial charge in [-0.1, -0.05) is 0 Å². The summed E-state index contributed by atoms with van der Waals surface area (Å²) in [7, 11) is 0. The molecule has 0 unspecified atom stereocenters. The van der Waals surface area contributed by atoms with Gasteiger partial charge in [-0.3, -0.25) is 5.10 Å². The zero-order valence-corrected chi connectivity index (χ0v) is 11.7. The average molecular weight is 298 g/mol. The molecule has 0 radical (unpaired) electrons. The fourth-order valence-electron chi connectivity index (χ4n) is 2.39. The van der Waals surface area contributed by atoms with Crippen LogP contribution in [0.1, 0.15) is 0 Å². The maximum absolute atomic E-state index is 4.46. The Morgan fingerprint density at radius 2 is 1.64 bits per heavy atom. The monoisotopic (exact) mass is 298 g/mol. The fraction of sp³-hybridized carbons (Fsp3) is 0.333. The van der Waals surface area contributed by atoms with Gasteiger partial charge in [0.1, 0.15) is 5.69 Å². The third-order valence-electron chi connectivity index (χ3n) is 3.53. The van der Waals surface area contributed by atoms with Crippen molar-refractivity contribution in [3.05, 3.63) is 24.7 Å². The summed E-state index contributed by atoms with van der Waals surface area (Å²) in [6.45, 7) is 3.29. The standard InChI is InChI=1S/C12H14N10/c1-2-13-11(14-3-1)21-4-6-22(7-5-21)12-16-10(18-19-12)9-8-15-20-17-9/h1-3,8H,4-7H2,(H,15,17,20)(H,16,18,19). The molecule has 1 fully saturated rings. The van der Waals surface area contributed by atoms with Crippen LogP contribution in [0, 0.1) is 0 Å². The number of hydrogen-bond donors (Lipinski definition) is 2. The number of H-pyrrole nitrogens is 2. The molecule has 0 saturated carbocycles. The summed E-state index contributed by atoms with van der Waals surface area (Å²) < 4.78 is 0. The lowest BCUT2D eigenvalue weighted by molar-refractivity contribution is 0.629. The van der Waals surface area contributed by atoms with Crippen LogP contribution in [0.5, 0.6) is 0 Å². The van der Waals surface area contributed by atoms with Crippen molar-refractivity contribution in [3.63, 3.8) is 0 Å². The van der Waals surface area contributed by atoms with Crippen molar-refractivity contribution < 1.29 is 0 Å². The van der Waals surface area contributed by atoms with Crippen molar-refractivity contribution in [3.8, 4) is 11.5 Å². The van der Waals surface area contributed by atoms with Crippen molar-refractivity contribution in [1.82, 2.24) is 40.6 Å². The van der Waals surface area contributed by atoms with Gasteiger partial charge in [-0.05, 0) is 6.07 Å². The Hall–Kier alpha value is -3.04. The topological polar surface area (TPSA) is 115 Å². The van der Waals surface area contributed by atoms with Gasteiger partial charge in [0, 0.05) is 38.6 Å². The Morgan fingerprint density at radius 3 is 2.32 bits per heavy atom. The van der Waals surface area contributed by atoms with Crippen LogP contribution in [-0.4, -0.2) is 66.7 Å². The molecular formula is C12H14N10. The van der Waals surface area contributed by atoms with E-state index in [2.05, 4.69) is 50.4 Å². The van der Waals surface area contributed by atoms with E-state index in [0.29, 0.717) is 17.5 Å². The molecule has 0 atom stereocenters. The van der Waals surface area contributed by atoms with Gasteiger partial charge in [0.05, 0.1) is 6.20 Å². The van der Waals surface area contributed by atoms with Gasteiger partial charge in [0.2, 0.25) is 11.9 Å². The molecule has 112 valence electrons. The first-order valence-corrected chi connectivity index (χ1v) is 6.95. The predicted octanol–water partition coefficient (Wildman–Crippen LogP) is -0.294. The number of piperazine rings is 1. The Morgan fingerprint density at radius 1 is 0.909 bits per heavy atom. The Bertz CT molecular complexity index is 713. The molecule has 1 aliphatic rings. The molecule has 3 aromatic rings. The fourth-order valence-corrected chi connectivity index (χ4v) is 2.39. The van der Waals surface area contributed by atoms with Gasteiger partial charge < -0.3 is 9.80 Å². The molecule has 0 aliphatic carbocycles. The molecule has 10 heteroatoms. The molecule has 22 heavy (non-hydrogen) atoms. The summed E-state index contributed by atoms with van der Waals surface area (Å²) in [6, 6.07) is 1.82. The van der Waals surface area contributed by atoms with Crippen molar-refractivity contribution >= 4 is 11.9 Å². The number of nitrogens with one attached hydrogen (secondary N) is 2. The normalized spacial score (nSPS) is 15.3. The molecule has 2 N–H and O–H groups in total. The first-order chi connectivity index (χ1) is 10.9. The van der Waals surface area contributed by atoms with Gasteiger partial charge in [0.15, 0.2) is 5.82 Å². The molecule has 3 aromatic heterocycles. The predicted molar refractivity (Wildman–Crippen MR) is 78.2 cm³/mol. The second-order valence-electron chi connectivity index (χ2n) is 4.86. The quantitative estimate of drug-likeness (QED) is 0.677. The van der Waals surface area contributed by atoms with E-state index >= 15 is 0 Å². The van der Waals surface area contributed by atoms with Crippen LogP contribution >= 0.6 is 0 Å². The van der Waals surface area contributed by atoms with Crippen molar-refractivity contribution in [2.45, 2.75) is 0 Å². The Kier molecular flexibility index (Phi) is 3.11. The molecule has 4 heterocycles. The number of hydrogen-bond acceptors (Lipinski definition) is 8. The highest BCUT2D eigenvalue weighted by atomic mass is 15.4. The molecule has 0 spiro atoms. The minimum Gasteiger partial charge on any atom is -0.337 e. The molecule has 0 aromatic carbocycles. The lowest BCUT2D eigenvalue weighted by atomic mass is 10.3. The summed E-state index contributed by atoms with van der Waals surface area (Å²) in [5.74, 6) is 2.05. The van der Waals surface area contributed by atoms with E-state index in [-0.39, 0.29) is 0 Å². The van der Waals surface area contributed by atoms with Crippen LogP contribution in [0.15, 0.2) is 24.7 Å². The van der Waals surface area contributed by atoms with Crippen LogP contribution in [0.4, 0.5) is 11.9 Å². The van der Waals surface area contributed by atoms with Crippen LogP contribution < -0.4 is 9.80 Å². The highest BCUT2D eigenvalue weighted by Gasteiger charge is 2.22. The molecule has 1 aliphatic heterocycles. The van der Waals surface area contributed by atoms with Gasteiger partial charge in [-0.15, -0.1) is 5.10 Å². The number of aromatic nitrogens is 8. The molecule has 10 nitrogen and oxygen atoms in total. The van der Waals surface area contributed by atoms with Crippen LogP contribution in [-0.2, 0) is 0 Å². The van der Waals surface area contributed by atoms with Crippen molar-refractivity contribution in [2.75, 3.05) is 36.0 Å². The minimum absolute atomic E-state index is 0.609. The maximum Gasteiger partial charge on any atom is 0.245 e. The van der Waals surface area contributed by atoms with E-state index in [1.165, 1.54) is 0 Å². The summed E-state index contributed by atoms with van der Waals surface area (Å²) in [5, 5.41) is 17.4. The average Bonchev–Trinajstić information content (AvgIpc) is 3.27. The lowest BCUT2D eigenvalue weighted by Gasteiger charge is -2.33. The number of rotatable bonds is 3. The number of aromatic amines is 2. The number of nitrogens with zero attached hydrogens (tertiary/aromatic N) is 8. The van der Waals surface area contributed by atoms with Gasteiger partial charge >= 0.3 is 0 Å². The zero-order chi connectivity index (χ0) is 14.8. The Labute approximate surface area is 125 Å². The van der Waals surface area contributed by atoms with Gasteiger partial charge in [0.25, 0.3) is 0 Å². The second-order valence-corrected chi connectivity index (χ2v) is 4.86. The summed E-state index contributed by atoms with van der Waals surface area (Å²) in [4.78, 5) is 17.3. The van der Waals surface area contributed by atoms with Gasteiger partial charge in [-0.25, -0.2) is 9.97 Å². The largest absolute Gasteiger partial charge is 0.337 e. The highest BCUT2D eigenvalue weighted by molar-refractivity contribution is 5.49. The molecule has 0 amide bonds. The first kappa shape index (κ1) is 12.7. The summed E-state index contributed by atoms with van der Waals surface area (Å²) in [6.07, 6.45) is 5.12. The van der Waals surface area contributed by atoms with Crippen LogP contribution in [0.2, 0.25) is 0 Å². The van der Waals surface area contributed by atoms with Gasteiger partial charge in [-0.2, -0.15) is 20.4 Å². The number of anilines is 2. The van der Waals surface area contributed by atoms with E-state index in [0.717, 1.165) is 32.1 Å². The van der Waals surface area contributed by atoms with Crippen molar-refractivity contribution in [1.29, 1.82) is 0 Å². The lowest BCUT2D eigenvalue weighted by Crippen LogP contribution is -2.47. The van der Waals surface area contributed by atoms with E-state index in [9.17, 15) is 0 Å². The molecule has 1 saturated heterocycles. The van der Waals surface area contributed by atoms with E-state index < -0.39 is 0 Å². The molecule has 0 bridgehead atoms. The summed E-state index contributed by atoms with van der Waals surface area (Å²) >= 11 is 0. The molecular weight excluding hydrogens is 284 g/mol.